The summed E-state index contributed by atoms with van der Waals surface area (Å²) in [5, 5.41) is 47.9. The van der Waals surface area contributed by atoms with Crippen molar-refractivity contribution in [2.45, 2.75) is 84.8 Å². The number of pyridine rings is 1. The fraction of sp³-hybridized carbons (Fsp3) is 0.514. The van der Waals surface area contributed by atoms with Gasteiger partial charge in [-0.05, 0) is 87.3 Å². The highest BCUT2D eigenvalue weighted by Gasteiger charge is 2.75. The van der Waals surface area contributed by atoms with Crippen LogP contribution in [0.4, 0.5) is 0 Å². The van der Waals surface area contributed by atoms with E-state index in [-0.39, 0.29) is 23.6 Å². The molecular weight excluding hydrogens is 558 g/mol. The van der Waals surface area contributed by atoms with Crippen LogP contribution < -0.4 is 9.47 Å². The van der Waals surface area contributed by atoms with Crippen LogP contribution in [0.5, 0.6) is 23.0 Å². The number of aliphatic hydroxyl groups is 2. The Bertz CT molecular complexity index is 1770. The summed E-state index contributed by atoms with van der Waals surface area (Å²) in [5.41, 5.74) is 4.00. The lowest BCUT2D eigenvalue weighted by Gasteiger charge is -2.63. The van der Waals surface area contributed by atoms with Crippen molar-refractivity contribution in [3.05, 3.63) is 75.1 Å². The third-order valence-corrected chi connectivity index (χ3v) is 13.6. The average Bonchev–Trinajstić information content (AvgIpc) is 3.53. The molecule has 5 heterocycles. The summed E-state index contributed by atoms with van der Waals surface area (Å²) in [6.45, 7) is 1.63. The summed E-state index contributed by atoms with van der Waals surface area (Å²) in [6.07, 6.45) is 2.53. The van der Waals surface area contributed by atoms with Crippen LogP contribution in [0.15, 0.2) is 30.3 Å². The van der Waals surface area contributed by atoms with Crippen molar-refractivity contribution in [2.24, 2.45) is 0 Å². The maximum atomic E-state index is 12.9. The predicted octanol–water partition coefficient (Wildman–Crippen LogP) is 2.33. The van der Waals surface area contributed by atoms with E-state index in [1.165, 1.54) is 0 Å². The molecule has 0 amide bonds. The molecule has 4 bridgehead atoms. The average molecular weight is 594 g/mol. The molecule has 11 rings (SSSR count). The SMILES string of the molecule is CN1CC[C@]23c4c5ccc(O)c4O[C@H]2c2nc4c(cc2C[C@@]3(O)[C@H]1C5)C[C@@]1(O)[C@H]2Cc3ccc(O)c5c3[C@@]1(CCN2C)[C@H]4O5. The number of likely N-dealkylation sites (N-methyl/N-ethyl adjacent to an activating group) is 2. The van der Waals surface area contributed by atoms with Crippen LogP contribution in [0, 0.1) is 0 Å². The summed E-state index contributed by atoms with van der Waals surface area (Å²) in [4.78, 5) is 10.0. The molecule has 4 aliphatic carbocycles. The Kier molecular flexibility index (Phi) is 4.07. The quantitative estimate of drug-likeness (QED) is 0.312. The second-order valence-corrected chi connectivity index (χ2v) is 15.0. The molecule has 226 valence electrons. The van der Waals surface area contributed by atoms with Gasteiger partial charge in [-0.25, -0.2) is 4.98 Å². The first-order valence-corrected chi connectivity index (χ1v) is 16.0. The third kappa shape index (κ3) is 2.29. The van der Waals surface area contributed by atoms with Gasteiger partial charge >= 0.3 is 0 Å². The zero-order valence-corrected chi connectivity index (χ0v) is 24.8. The zero-order chi connectivity index (χ0) is 29.7. The Morgan fingerprint density at radius 2 is 1.16 bits per heavy atom. The molecule has 44 heavy (non-hydrogen) atoms. The molecule has 4 aliphatic heterocycles. The molecule has 8 aliphatic rings. The Hall–Kier alpha value is -3.37. The maximum Gasteiger partial charge on any atom is 0.166 e. The van der Waals surface area contributed by atoms with E-state index >= 15 is 0 Å². The van der Waals surface area contributed by atoms with E-state index in [0.29, 0.717) is 50.0 Å². The Balaban J connectivity index is 1.17. The molecule has 2 fully saturated rings. The monoisotopic (exact) mass is 593 g/mol. The van der Waals surface area contributed by atoms with Gasteiger partial charge in [0.25, 0.3) is 0 Å². The molecule has 2 spiro atoms. The van der Waals surface area contributed by atoms with Crippen molar-refractivity contribution in [1.82, 2.24) is 14.8 Å². The van der Waals surface area contributed by atoms with E-state index in [1.807, 2.05) is 12.1 Å². The lowest BCUT2D eigenvalue weighted by Crippen LogP contribution is -2.74. The molecule has 1 aromatic heterocycles. The van der Waals surface area contributed by atoms with Crippen LogP contribution in [-0.4, -0.2) is 85.7 Å². The minimum atomic E-state index is -1.10. The van der Waals surface area contributed by atoms with Gasteiger partial charge in [-0.2, -0.15) is 0 Å². The minimum absolute atomic E-state index is 0.0950. The number of hydrogen-bond donors (Lipinski definition) is 4. The van der Waals surface area contributed by atoms with Gasteiger partial charge in [0.05, 0.1) is 33.4 Å². The van der Waals surface area contributed by atoms with E-state index in [9.17, 15) is 20.4 Å². The van der Waals surface area contributed by atoms with Gasteiger partial charge in [-0.3, -0.25) is 0 Å². The highest BCUT2D eigenvalue weighted by molar-refractivity contribution is 5.67. The van der Waals surface area contributed by atoms with E-state index in [4.69, 9.17) is 14.5 Å². The molecule has 9 heteroatoms. The first-order chi connectivity index (χ1) is 21.1. The summed E-state index contributed by atoms with van der Waals surface area (Å²) < 4.78 is 13.5. The number of rotatable bonds is 0. The molecular formula is C35H35N3O6. The molecule has 0 radical (unpaired) electrons. The fourth-order valence-electron chi connectivity index (χ4n) is 11.8. The standard InChI is InChI=1S/C35H35N3O6/c1-37-9-7-32-24-16-3-5-20(39)28(24)43-30(32)26-18(14-34(32,41)22(37)12-16)11-19-15-35(42)23-13-17-4-6-21(40)29-25(17)33(35,8-10-38(23)2)31(44-29)27(19)36-26/h3-6,11,22-23,30-31,39-42H,7-10,12-15H2,1-2H3/t22-,23-,30+,31+,32+,33+,34-,35-/m1/s1. The first-order valence-electron chi connectivity index (χ1n) is 16.0. The summed E-state index contributed by atoms with van der Waals surface area (Å²) >= 11 is 0. The van der Waals surface area contributed by atoms with Crippen LogP contribution in [0.2, 0.25) is 0 Å². The van der Waals surface area contributed by atoms with Crippen LogP contribution in [-0.2, 0) is 36.5 Å². The van der Waals surface area contributed by atoms with Crippen LogP contribution >= 0.6 is 0 Å². The molecule has 0 unspecified atom stereocenters. The maximum absolute atomic E-state index is 12.9. The number of hydrogen-bond acceptors (Lipinski definition) is 9. The number of phenolic OH excluding ortho intramolecular Hbond substituents is 2. The van der Waals surface area contributed by atoms with Gasteiger partial charge in [0.2, 0.25) is 0 Å². The topological polar surface area (TPSA) is 119 Å². The van der Waals surface area contributed by atoms with Gasteiger partial charge < -0.3 is 39.7 Å². The summed E-state index contributed by atoms with van der Waals surface area (Å²) in [6, 6.07) is 9.40. The van der Waals surface area contributed by atoms with Crippen molar-refractivity contribution in [2.75, 3.05) is 27.2 Å². The highest BCUT2D eigenvalue weighted by atomic mass is 16.5. The molecule has 3 aromatic rings. The van der Waals surface area contributed by atoms with Crippen molar-refractivity contribution < 1.29 is 29.9 Å². The largest absolute Gasteiger partial charge is 0.504 e. The number of phenols is 2. The second kappa shape index (κ2) is 7.20. The Morgan fingerprint density at radius 3 is 1.61 bits per heavy atom. The van der Waals surface area contributed by atoms with Gasteiger partial charge in [0.1, 0.15) is 0 Å². The van der Waals surface area contributed by atoms with Crippen molar-refractivity contribution in [1.29, 1.82) is 0 Å². The number of benzene rings is 2. The highest BCUT2D eigenvalue weighted by Crippen LogP contribution is 2.71. The molecule has 4 N–H and O–H groups in total. The second-order valence-electron chi connectivity index (χ2n) is 15.0. The van der Waals surface area contributed by atoms with E-state index in [1.54, 1.807) is 12.1 Å². The number of ether oxygens (including phenoxy) is 2. The molecule has 2 saturated heterocycles. The Morgan fingerprint density at radius 1 is 0.705 bits per heavy atom. The number of likely N-dealkylation sites (tertiary alicyclic amines) is 2. The molecule has 9 nitrogen and oxygen atoms in total. The fourth-order valence-corrected chi connectivity index (χ4v) is 11.8. The van der Waals surface area contributed by atoms with Crippen LogP contribution in [0.25, 0.3) is 0 Å². The summed E-state index contributed by atoms with van der Waals surface area (Å²) in [7, 11) is 4.19. The number of aromatic nitrogens is 1. The smallest absolute Gasteiger partial charge is 0.166 e. The number of fused-ring (bicyclic) bond motifs is 4. The molecule has 8 atom stereocenters. The van der Waals surface area contributed by atoms with Gasteiger partial charge in [-0.15, -0.1) is 0 Å². The first kappa shape index (κ1) is 24.9. The van der Waals surface area contributed by atoms with Crippen LogP contribution in [0.1, 0.15) is 69.8 Å². The number of nitrogens with zero attached hydrogens (tertiary/aromatic N) is 3. The number of aromatic hydroxyl groups is 2. The van der Waals surface area contributed by atoms with Crippen molar-refractivity contribution in [3.8, 4) is 23.0 Å². The van der Waals surface area contributed by atoms with Gasteiger partial charge in [0.15, 0.2) is 35.2 Å². The van der Waals surface area contributed by atoms with Gasteiger partial charge in [-0.1, -0.05) is 18.2 Å². The van der Waals surface area contributed by atoms with Crippen molar-refractivity contribution >= 4 is 0 Å². The normalized spacial score (nSPS) is 41.2. The predicted molar refractivity (Wildman–Crippen MR) is 157 cm³/mol. The van der Waals surface area contributed by atoms with E-state index in [2.05, 4.69) is 30.0 Å². The van der Waals surface area contributed by atoms with Crippen LogP contribution in [0.3, 0.4) is 0 Å². The van der Waals surface area contributed by atoms with Gasteiger partial charge in [0, 0.05) is 36.1 Å². The van der Waals surface area contributed by atoms with Crippen molar-refractivity contribution in [3.63, 3.8) is 0 Å². The minimum Gasteiger partial charge on any atom is -0.504 e. The van der Waals surface area contributed by atoms with E-state index in [0.717, 1.165) is 57.9 Å². The molecule has 2 aromatic carbocycles. The third-order valence-electron chi connectivity index (χ3n) is 13.6. The molecule has 0 saturated carbocycles. The summed E-state index contributed by atoms with van der Waals surface area (Å²) in [5.74, 6) is 1.18. The van der Waals surface area contributed by atoms with E-state index < -0.39 is 34.2 Å². The Labute approximate surface area is 254 Å². The zero-order valence-electron chi connectivity index (χ0n) is 24.8. The lowest BCUT2D eigenvalue weighted by atomic mass is 9.48. The number of piperidine rings is 2. The lowest BCUT2D eigenvalue weighted by molar-refractivity contribution is -0.171.